The third-order valence-corrected chi connectivity index (χ3v) is 4.46. The minimum Gasteiger partial charge on any atom is -0.353 e. The van der Waals surface area contributed by atoms with Crippen molar-refractivity contribution < 1.29 is 4.79 Å². The number of carbonyl (C=O) groups excluding carboxylic acids is 1. The van der Waals surface area contributed by atoms with E-state index in [1.165, 1.54) is 0 Å². The monoisotopic (exact) mass is 345 g/mol. The maximum Gasteiger partial charge on any atom is 0.254 e. The summed E-state index contributed by atoms with van der Waals surface area (Å²) in [5.74, 6) is -0.127. The molecular weight excluding hydrogens is 326 g/mol. The maximum atomic E-state index is 12.2. The molecule has 6 heteroatoms. The van der Waals surface area contributed by atoms with E-state index in [-0.39, 0.29) is 5.91 Å². The van der Waals surface area contributed by atoms with Crippen molar-refractivity contribution in [1.29, 1.82) is 0 Å². The van der Waals surface area contributed by atoms with E-state index in [2.05, 4.69) is 33.4 Å². The lowest BCUT2D eigenvalue weighted by atomic mass is 10.1. The first-order valence-corrected chi connectivity index (χ1v) is 8.41. The number of hydrogen-bond donors (Lipinski definition) is 2. The third kappa shape index (κ3) is 2.97. The number of nitrogens with one attached hydrogen (secondary N) is 2. The Balaban J connectivity index is 1.58. The fraction of sp³-hybridized carbons (Fsp3) is 0.150. The number of aromatic amines is 1. The molecule has 1 amide bonds. The third-order valence-electron chi connectivity index (χ3n) is 4.46. The van der Waals surface area contributed by atoms with Crippen molar-refractivity contribution >= 4 is 16.8 Å². The Morgan fingerprint density at radius 2 is 2.15 bits per heavy atom. The topological polar surface area (TPSA) is 75.6 Å². The first-order chi connectivity index (χ1) is 12.6. The van der Waals surface area contributed by atoms with Gasteiger partial charge in [0, 0.05) is 36.9 Å². The van der Waals surface area contributed by atoms with E-state index < -0.39 is 0 Å². The number of H-pyrrole nitrogens is 1. The van der Waals surface area contributed by atoms with Gasteiger partial charge >= 0.3 is 0 Å². The number of aromatic nitrogens is 4. The van der Waals surface area contributed by atoms with Gasteiger partial charge in [-0.2, -0.15) is 5.10 Å². The molecule has 3 aromatic heterocycles. The number of nitrogens with zero attached hydrogens (tertiary/aromatic N) is 3. The lowest BCUT2D eigenvalue weighted by Gasteiger charge is -2.04. The van der Waals surface area contributed by atoms with Crippen LogP contribution in [-0.4, -0.2) is 25.7 Å². The average Bonchev–Trinajstić information content (AvgIpc) is 3.24. The molecular formula is C20H19N5O. The van der Waals surface area contributed by atoms with E-state index >= 15 is 0 Å². The van der Waals surface area contributed by atoms with Crippen LogP contribution in [0.5, 0.6) is 0 Å². The molecule has 0 aliphatic heterocycles. The molecule has 4 rings (SSSR count). The molecule has 0 aliphatic carbocycles. The number of rotatable bonds is 4. The number of benzene rings is 1. The number of carbonyl (C=O) groups is 1. The van der Waals surface area contributed by atoms with Gasteiger partial charge in [0.15, 0.2) is 0 Å². The van der Waals surface area contributed by atoms with Crippen LogP contribution in [0.15, 0.2) is 55.0 Å². The maximum absolute atomic E-state index is 12.2. The summed E-state index contributed by atoms with van der Waals surface area (Å²) < 4.78 is 1.61. The molecule has 2 N–H and O–H groups in total. The second-order valence-electron chi connectivity index (χ2n) is 6.31. The van der Waals surface area contributed by atoms with Gasteiger partial charge in [-0.25, -0.2) is 0 Å². The summed E-state index contributed by atoms with van der Waals surface area (Å²) in [5.41, 5.74) is 5.77. The van der Waals surface area contributed by atoms with Crippen molar-refractivity contribution in [2.45, 2.75) is 13.5 Å². The molecule has 0 atom stereocenters. The minimum atomic E-state index is -0.127. The van der Waals surface area contributed by atoms with Gasteiger partial charge in [-0.3, -0.25) is 14.5 Å². The Morgan fingerprint density at radius 3 is 2.88 bits per heavy atom. The highest BCUT2D eigenvalue weighted by Gasteiger charge is 2.12. The first-order valence-electron chi connectivity index (χ1n) is 8.41. The van der Waals surface area contributed by atoms with Crippen molar-refractivity contribution in [3.8, 4) is 11.4 Å². The van der Waals surface area contributed by atoms with E-state index in [0.717, 1.165) is 33.4 Å². The highest BCUT2D eigenvalue weighted by atomic mass is 16.1. The molecule has 6 nitrogen and oxygen atoms in total. The van der Waals surface area contributed by atoms with Gasteiger partial charge < -0.3 is 10.3 Å². The van der Waals surface area contributed by atoms with Gasteiger partial charge in [-0.1, -0.05) is 12.1 Å². The number of aryl methyl sites for hydroxylation is 2. The summed E-state index contributed by atoms with van der Waals surface area (Å²) in [5, 5.41) is 8.10. The average molecular weight is 345 g/mol. The van der Waals surface area contributed by atoms with E-state index in [4.69, 9.17) is 0 Å². The Labute approximate surface area is 150 Å². The summed E-state index contributed by atoms with van der Waals surface area (Å²) in [4.78, 5) is 20.0. The predicted molar refractivity (Wildman–Crippen MR) is 101 cm³/mol. The Kier molecular flexibility index (Phi) is 4.01. The fourth-order valence-corrected chi connectivity index (χ4v) is 3.07. The summed E-state index contributed by atoms with van der Waals surface area (Å²) in [7, 11) is 1.79. The zero-order valence-electron chi connectivity index (χ0n) is 14.7. The van der Waals surface area contributed by atoms with Crippen molar-refractivity contribution in [3.05, 3.63) is 71.7 Å². The van der Waals surface area contributed by atoms with E-state index in [1.807, 2.05) is 30.3 Å². The summed E-state index contributed by atoms with van der Waals surface area (Å²) in [6.45, 7) is 2.55. The van der Waals surface area contributed by atoms with Crippen LogP contribution in [-0.2, 0) is 13.6 Å². The second kappa shape index (κ2) is 6.48. The molecule has 0 bridgehead atoms. The largest absolute Gasteiger partial charge is 0.353 e. The highest BCUT2D eigenvalue weighted by molar-refractivity contribution is 5.94. The van der Waals surface area contributed by atoms with Crippen LogP contribution in [0.4, 0.5) is 0 Å². The Bertz CT molecular complexity index is 1080. The van der Waals surface area contributed by atoms with Crippen LogP contribution >= 0.6 is 0 Å². The van der Waals surface area contributed by atoms with Gasteiger partial charge in [0.25, 0.3) is 5.91 Å². The van der Waals surface area contributed by atoms with Crippen LogP contribution in [0.1, 0.15) is 21.5 Å². The quantitative estimate of drug-likeness (QED) is 0.596. The van der Waals surface area contributed by atoms with E-state index in [0.29, 0.717) is 12.1 Å². The summed E-state index contributed by atoms with van der Waals surface area (Å²) >= 11 is 0. The van der Waals surface area contributed by atoms with Crippen molar-refractivity contribution in [2.24, 2.45) is 7.05 Å². The number of pyridine rings is 1. The molecule has 0 aliphatic rings. The molecule has 130 valence electrons. The molecule has 0 radical (unpaired) electrons. The van der Waals surface area contributed by atoms with Gasteiger partial charge in [0.05, 0.1) is 23.1 Å². The Morgan fingerprint density at radius 1 is 1.27 bits per heavy atom. The fourth-order valence-electron chi connectivity index (χ4n) is 3.07. The molecule has 0 saturated heterocycles. The van der Waals surface area contributed by atoms with Crippen molar-refractivity contribution in [1.82, 2.24) is 25.1 Å². The van der Waals surface area contributed by atoms with Gasteiger partial charge in [-0.15, -0.1) is 0 Å². The molecule has 0 unspecified atom stereocenters. The van der Waals surface area contributed by atoms with Crippen LogP contribution < -0.4 is 5.32 Å². The normalized spacial score (nSPS) is 11.0. The number of fused-ring (bicyclic) bond motifs is 1. The molecule has 0 saturated carbocycles. The van der Waals surface area contributed by atoms with Crippen LogP contribution in [0.25, 0.3) is 22.3 Å². The molecule has 1 aromatic carbocycles. The molecule has 4 aromatic rings. The minimum absolute atomic E-state index is 0.127. The molecule has 26 heavy (non-hydrogen) atoms. The van der Waals surface area contributed by atoms with E-state index in [1.54, 1.807) is 30.3 Å². The van der Waals surface area contributed by atoms with E-state index in [9.17, 15) is 4.79 Å². The lowest BCUT2D eigenvalue weighted by Crippen LogP contribution is -2.22. The highest BCUT2D eigenvalue weighted by Crippen LogP contribution is 2.29. The summed E-state index contributed by atoms with van der Waals surface area (Å²) in [6, 6.07) is 12.0. The Hall–Kier alpha value is -3.41. The van der Waals surface area contributed by atoms with Gasteiger partial charge in [0.2, 0.25) is 0 Å². The van der Waals surface area contributed by atoms with Crippen LogP contribution in [0.2, 0.25) is 0 Å². The van der Waals surface area contributed by atoms with Crippen molar-refractivity contribution in [3.63, 3.8) is 0 Å². The molecule has 0 spiro atoms. The smallest absolute Gasteiger partial charge is 0.254 e. The standard InChI is InChI=1S/C20H19N5O/c1-13-16-9-14(10-22-20(26)15-11-23-25(2)12-15)6-7-17(16)24-19(13)18-5-3-4-8-21-18/h3-9,11-12,24H,10H2,1-2H3,(H,22,26). The SMILES string of the molecule is Cc1c(-c2ccccn2)[nH]c2ccc(CNC(=O)c3cnn(C)c3)cc12. The van der Waals surface area contributed by atoms with Gasteiger partial charge in [0.1, 0.15) is 0 Å². The van der Waals surface area contributed by atoms with Crippen molar-refractivity contribution in [2.75, 3.05) is 0 Å². The molecule has 0 fully saturated rings. The number of amides is 1. The predicted octanol–water partition coefficient (Wildman–Crippen LogP) is 3.20. The number of hydrogen-bond acceptors (Lipinski definition) is 3. The zero-order chi connectivity index (χ0) is 18.1. The van der Waals surface area contributed by atoms with Gasteiger partial charge in [-0.05, 0) is 42.3 Å². The first kappa shape index (κ1) is 16.1. The second-order valence-corrected chi connectivity index (χ2v) is 6.31. The van der Waals surface area contributed by atoms with Crippen LogP contribution in [0, 0.1) is 6.92 Å². The van der Waals surface area contributed by atoms with Crippen LogP contribution in [0.3, 0.4) is 0 Å². The lowest BCUT2D eigenvalue weighted by molar-refractivity contribution is 0.0951. The molecule has 3 heterocycles. The summed E-state index contributed by atoms with van der Waals surface area (Å²) in [6.07, 6.45) is 5.06. The zero-order valence-corrected chi connectivity index (χ0v) is 14.7.